The summed E-state index contributed by atoms with van der Waals surface area (Å²) in [5.41, 5.74) is 1.21. The maximum Gasteiger partial charge on any atom is 0.273 e. The van der Waals surface area contributed by atoms with Gasteiger partial charge in [0.15, 0.2) is 0 Å². The molecule has 0 spiro atoms. The average Bonchev–Trinajstić information content (AvgIpc) is 3.49. The smallest absolute Gasteiger partial charge is 0.273 e. The molecule has 2 fully saturated rings. The van der Waals surface area contributed by atoms with Gasteiger partial charge in [-0.2, -0.15) is 0 Å². The number of amides is 2. The number of carbonyl (C=O) groups is 2. The number of carbonyl (C=O) groups excluding carboxylic acids is 2. The molecule has 0 unspecified atom stereocenters. The van der Waals surface area contributed by atoms with Crippen molar-refractivity contribution in [3.8, 4) is 0 Å². The van der Waals surface area contributed by atoms with Gasteiger partial charge in [0.25, 0.3) is 17.4 Å². The summed E-state index contributed by atoms with van der Waals surface area (Å²) >= 11 is 0. The highest BCUT2D eigenvalue weighted by Crippen LogP contribution is 2.27. The first kappa shape index (κ1) is 19.6. The number of hydrogen-bond acceptors (Lipinski definition) is 6. The SMILES string of the molecule is O=C(c1nccc2[nH]ccc12)N1C[C@@H]2[C@@H](C1)OCCN2C(=O)c1cc2cccnc2[nH]c1=O. The maximum atomic E-state index is 13.4. The molecule has 4 aromatic heterocycles. The minimum Gasteiger partial charge on any atom is -0.372 e. The quantitative estimate of drug-likeness (QED) is 0.478. The van der Waals surface area contributed by atoms with Crippen molar-refractivity contribution in [1.29, 1.82) is 0 Å². The molecule has 2 amide bonds. The molecule has 33 heavy (non-hydrogen) atoms. The van der Waals surface area contributed by atoms with E-state index in [0.717, 1.165) is 10.9 Å². The molecule has 0 aromatic carbocycles. The molecule has 10 heteroatoms. The van der Waals surface area contributed by atoms with Gasteiger partial charge in [-0.1, -0.05) is 0 Å². The highest BCUT2D eigenvalue weighted by atomic mass is 16.5. The Hall–Kier alpha value is -4.05. The van der Waals surface area contributed by atoms with Crippen LogP contribution in [-0.4, -0.2) is 79.9 Å². The summed E-state index contributed by atoms with van der Waals surface area (Å²) in [5.74, 6) is -0.583. The molecule has 2 aliphatic heterocycles. The molecule has 2 aliphatic rings. The van der Waals surface area contributed by atoms with Gasteiger partial charge in [0.2, 0.25) is 0 Å². The molecule has 2 N–H and O–H groups in total. The fourth-order valence-electron chi connectivity index (χ4n) is 4.76. The van der Waals surface area contributed by atoms with Crippen LogP contribution in [0.25, 0.3) is 21.9 Å². The van der Waals surface area contributed by atoms with Gasteiger partial charge in [0.1, 0.15) is 16.9 Å². The number of nitrogens with zero attached hydrogens (tertiary/aromatic N) is 4. The van der Waals surface area contributed by atoms with Crippen LogP contribution in [0.1, 0.15) is 20.8 Å². The molecule has 2 saturated heterocycles. The third kappa shape index (κ3) is 3.18. The van der Waals surface area contributed by atoms with Gasteiger partial charge in [0, 0.05) is 54.5 Å². The second-order valence-electron chi connectivity index (χ2n) is 8.24. The summed E-state index contributed by atoms with van der Waals surface area (Å²) in [6, 6.07) is 8.41. The van der Waals surface area contributed by atoms with Crippen LogP contribution in [0.15, 0.2) is 53.7 Å². The third-order valence-electron chi connectivity index (χ3n) is 6.38. The van der Waals surface area contributed by atoms with Crippen molar-refractivity contribution in [3.63, 3.8) is 0 Å². The normalized spacial score (nSPS) is 20.4. The van der Waals surface area contributed by atoms with Crippen molar-refractivity contribution >= 4 is 33.8 Å². The minimum atomic E-state index is -0.483. The predicted molar refractivity (Wildman–Crippen MR) is 119 cm³/mol. The van der Waals surface area contributed by atoms with E-state index in [1.807, 2.05) is 12.1 Å². The van der Waals surface area contributed by atoms with Crippen LogP contribution in [0.5, 0.6) is 0 Å². The summed E-state index contributed by atoms with van der Waals surface area (Å²) < 4.78 is 5.90. The zero-order valence-electron chi connectivity index (χ0n) is 17.5. The summed E-state index contributed by atoms with van der Waals surface area (Å²) in [6.07, 6.45) is 4.63. The molecule has 4 aromatic rings. The van der Waals surface area contributed by atoms with E-state index in [0.29, 0.717) is 43.0 Å². The molecular formula is C23H20N6O4. The van der Waals surface area contributed by atoms with Crippen LogP contribution < -0.4 is 5.56 Å². The summed E-state index contributed by atoms with van der Waals surface area (Å²) in [6.45, 7) is 1.35. The van der Waals surface area contributed by atoms with Crippen molar-refractivity contribution in [3.05, 3.63) is 70.5 Å². The van der Waals surface area contributed by atoms with Gasteiger partial charge >= 0.3 is 0 Å². The highest BCUT2D eigenvalue weighted by molar-refractivity contribution is 6.04. The standard InChI is InChI=1S/C23H20N6O4/c30-21-15(10-13-2-1-5-26-20(13)27-21)22(31)29-8-9-33-18-12-28(11-17(18)29)23(32)19-14-3-6-24-16(14)4-7-25-19/h1-7,10,17-18,24H,8-9,11-12H2,(H,26,27,30)/t17-,18-/m1/s1. The van der Waals surface area contributed by atoms with Crippen molar-refractivity contribution in [2.45, 2.75) is 12.1 Å². The molecule has 6 heterocycles. The molecule has 2 atom stereocenters. The Bertz CT molecular complexity index is 1460. The molecular weight excluding hydrogens is 424 g/mol. The van der Waals surface area contributed by atoms with Gasteiger partial charge in [-0.05, 0) is 30.3 Å². The van der Waals surface area contributed by atoms with E-state index in [4.69, 9.17) is 4.74 Å². The summed E-state index contributed by atoms with van der Waals surface area (Å²) in [4.78, 5) is 56.8. The maximum absolute atomic E-state index is 13.4. The van der Waals surface area contributed by atoms with Crippen LogP contribution in [0.4, 0.5) is 0 Å². The van der Waals surface area contributed by atoms with Gasteiger partial charge in [-0.15, -0.1) is 0 Å². The Kier molecular flexibility index (Phi) is 4.47. The molecule has 0 bridgehead atoms. The number of fused-ring (bicyclic) bond motifs is 3. The Morgan fingerprint density at radius 3 is 2.91 bits per heavy atom. The first-order valence-corrected chi connectivity index (χ1v) is 10.7. The lowest BCUT2D eigenvalue weighted by Gasteiger charge is -2.36. The number of aromatic amines is 2. The third-order valence-corrected chi connectivity index (χ3v) is 6.38. The van der Waals surface area contributed by atoms with E-state index >= 15 is 0 Å². The highest BCUT2D eigenvalue weighted by Gasteiger charge is 2.44. The number of ether oxygens (including phenoxy) is 1. The lowest BCUT2D eigenvalue weighted by Crippen LogP contribution is -2.54. The molecule has 0 aliphatic carbocycles. The number of morpholine rings is 1. The second-order valence-corrected chi connectivity index (χ2v) is 8.24. The lowest BCUT2D eigenvalue weighted by molar-refractivity contribution is -0.0369. The van der Waals surface area contributed by atoms with Crippen LogP contribution in [-0.2, 0) is 4.74 Å². The fraction of sp³-hybridized carbons (Fsp3) is 0.261. The number of H-pyrrole nitrogens is 2. The number of pyridine rings is 3. The number of nitrogens with one attached hydrogen (secondary N) is 2. The van der Waals surface area contributed by atoms with Crippen molar-refractivity contribution < 1.29 is 14.3 Å². The summed E-state index contributed by atoms with van der Waals surface area (Å²) in [5, 5.41) is 1.43. The minimum absolute atomic E-state index is 0.0553. The second kappa shape index (κ2) is 7.52. The molecule has 0 saturated carbocycles. The van der Waals surface area contributed by atoms with Crippen molar-refractivity contribution in [2.24, 2.45) is 0 Å². The van der Waals surface area contributed by atoms with Gasteiger partial charge in [-0.3, -0.25) is 19.4 Å². The van der Waals surface area contributed by atoms with Crippen molar-refractivity contribution in [2.75, 3.05) is 26.2 Å². The van der Waals surface area contributed by atoms with E-state index in [2.05, 4.69) is 19.9 Å². The topological polar surface area (TPSA) is 124 Å². The Morgan fingerprint density at radius 2 is 2.00 bits per heavy atom. The van der Waals surface area contributed by atoms with Gasteiger partial charge in [-0.25, -0.2) is 4.98 Å². The van der Waals surface area contributed by atoms with E-state index in [9.17, 15) is 14.4 Å². The molecule has 6 rings (SSSR count). The zero-order valence-corrected chi connectivity index (χ0v) is 17.5. The number of hydrogen-bond donors (Lipinski definition) is 2. The number of rotatable bonds is 2. The number of likely N-dealkylation sites (tertiary alicyclic amines) is 1. The van der Waals surface area contributed by atoms with Gasteiger partial charge < -0.3 is 24.5 Å². The average molecular weight is 444 g/mol. The number of aromatic nitrogens is 4. The van der Waals surface area contributed by atoms with Crippen LogP contribution in [0, 0.1) is 0 Å². The predicted octanol–water partition coefficient (Wildman–Crippen LogP) is 1.16. The van der Waals surface area contributed by atoms with Gasteiger partial charge in [0.05, 0.1) is 18.8 Å². The first-order valence-electron chi connectivity index (χ1n) is 10.7. The molecule has 166 valence electrons. The Labute approximate surface area is 187 Å². The Morgan fingerprint density at radius 1 is 1.09 bits per heavy atom. The largest absolute Gasteiger partial charge is 0.372 e. The molecule has 10 nitrogen and oxygen atoms in total. The monoisotopic (exact) mass is 444 g/mol. The van der Waals surface area contributed by atoms with E-state index in [-0.39, 0.29) is 29.5 Å². The van der Waals surface area contributed by atoms with Crippen LogP contribution in [0.2, 0.25) is 0 Å². The van der Waals surface area contributed by atoms with E-state index in [1.165, 1.54) is 0 Å². The van der Waals surface area contributed by atoms with Crippen molar-refractivity contribution in [1.82, 2.24) is 29.7 Å². The van der Waals surface area contributed by atoms with Crippen LogP contribution >= 0.6 is 0 Å². The zero-order chi connectivity index (χ0) is 22.5. The molecule has 0 radical (unpaired) electrons. The lowest BCUT2D eigenvalue weighted by atomic mass is 10.1. The Balaban J connectivity index is 1.29. The summed E-state index contributed by atoms with van der Waals surface area (Å²) in [7, 11) is 0. The van der Waals surface area contributed by atoms with E-state index in [1.54, 1.807) is 46.6 Å². The fourth-order valence-corrected chi connectivity index (χ4v) is 4.76. The van der Waals surface area contributed by atoms with E-state index < -0.39 is 5.56 Å². The first-order chi connectivity index (χ1) is 16.1. The van der Waals surface area contributed by atoms with Crippen LogP contribution in [0.3, 0.4) is 0 Å².